The zero-order valence-corrected chi connectivity index (χ0v) is 16.0. The van der Waals surface area contributed by atoms with E-state index in [4.69, 9.17) is 13.3 Å². The van der Waals surface area contributed by atoms with Gasteiger partial charge in [0.2, 0.25) is 0 Å². The molecule has 0 rings (SSSR count). The Kier molecular flexibility index (Phi) is 11.6. The quantitative estimate of drug-likeness (QED) is 0.421. The van der Waals surface area contributed by atoms with Gasteiger partial charge in [-0.3, -0.25) is 0 Å². The monoisotopic (exact) mass is 298 g/mol. The highest BCUT2D eigenvalue weighted by molar-refractivity contribution is 7.80. The van der Waals surface area contributed by atoms with E-state index < -0.39 is 29.3 Å². The van der Waals surface area contributed by atoms with Crippen LogP contribution in [0, 0.1) is 0 Å². The molecule has 98 valence electrons. The van der Waals surface area contributed by atoms with Crippen LogP contribution in [0.3, 0.4) is 0 Å². The van der Waals surface area contributed by atoms with Crippen LogP contribution in [0.5, 0.6) is 0 Å². The molecule has 3 nitrogen and oxygen atoms in total. The number of hydrogen-bond donors (Lipinski definition) is 1. The van der Waals surface area contributed by atoms with E-state index >= 15 is 0 Å². The number of hydrogen-bond acceptors (Lipinski definition) is 4. The highest BCUT2D eigenvalue weighted by Gasteiger charge is 2.33. The Bertz CT molecular complexity index is 141. The zero-order chi connectivity index (χ0) is 12.3. The minimum Gasteiger partial charge on any atom is -0.424 e. The standard InChI is InChI=1S/C9H26O3SSi3/c1-4-10-14-9(7-8-13,15-11-5-2)16-12-6-3/h13H,4-8,14-16H2,1-3H3. The molecule has 0 amide bonds. The normalized spacial score (nSPS) is 17.2. The Morgan fingerprint density at radius 1 is 0.875 bits per heavy atom. The van der Waals surface area contributed by atoms with Gasteiger partial charge in [0.15, 0.2) is 29.3 Å². The van der Waals surface area contributed by atoms with Gasteiger partial charge in [-0.25, -0.2) is 0 Å². The van der Waals surface area contributed by atoms with Crippen molar-refractivity contribution in [1.82, 2.24) is 0 Å². The predicted octanol–water partition coefficient (Wildman–Crippen LogP) is -0.259. The molecule has 0 atom stereocenters. The Hall–Kier alpha value is 0.881. The largest absolute Gasteiger partial charge is 0.424 e. The Morgan fingerprint density at radius 2 is 1.25 bits per heavy atom. The molecule has 0 aromatic rings. The van der Waals surface area contributed by atoms with Crippen molar-refractivity contribution >= 4 is 41.9 Å². The van der Waals surface area contributed by atoms with E-state index in [9.17, 15) is 0 Å². The van der Waals surface area contributed by atoms with Gasteiger partial charge in [0.1, 0.15) is 0 Å². The van der Waals surface area contributed by atoms with Crippen LogP contribution in [-0.4, -0.2) is 54.9 Å². The Labute approximate surface area is 112 Å². The molecule has 0 saturated heterocycles. The van der Waals surface area contributed by atoms with E-state index in [0.29, 0.717) is 4.28 Å². The summed E-state index contributed by atoms with van der Waals surface area (Å²) in [6.07, 6.45) is 1.14. The lowest BCUT2D eigenvalue weighted by atomic mass is 10.5. The highest BCUT2D eigenvalue weighted by Crippen LogP contribution is 2.28. The van der Waals surface area contributed by atoms with Crippen molar-refractivity contribution in [2.75, 3.05) is 25.6 Å². The fraction of sp³-hybridized carbons (Fsp3) is 1.00. The summed E-state index contributed by atoms with van der Waals surface area (Å²) < 4.78 is 17.7. The first kappa shape index (κ1) is 16.9. The summed E-state index contributed by atoms with van der Waals surface area (Å²) in [5, 5.41) is 0. The summed E-state index contributed by atoms with van der Waals surface area (Å²) in [4.78, 5) is 0. The van der Waals surface area contributed by atoms with Crippen LogP contribution in [0.2, 0.25) is 4.28 Å². The van der Waals surface area contributed by atoms with Crippen molar-refractivity contribution in [2.45, 2.75) is 31.5 Å². The fourth-order valence-corrected chi connectivity index (χ4v) is 9.37. The summed E-state index contributed by atoms with van der Waals surface area (Å²) in [7, 11) is -1.53. The van der Waals surface area contributed by atoms with Gasteiger partial charge in [-0.2, -0.15) is 12.6 Å². The smallest absolute Gasteiger partial charge is 0.165 e. The lowest BCUT2D eigenvalue weighted by molar-refractivity contribution is 0.316. The van der Waals surface area contributed by atoms with Gasteiger partial charge < -0.3 is 13.3 Å². The third-order valence-electron chi connectivity index (χ3n) is 2.48. The van der Waals surface area contributed by atoms with Crippen molar-refractivity contribution in [2.24, 2.45) is 0 Å². The van der Waals surface area contributed by atoms with E-state index in [-0.39, 0.29) is 0 Å². The molecule has 7 heteroatoms. The van der Waals surface area contributed by atoms with Gasteiger partial charge in [-0.1, -0.05) is 0 Å². The van der Waals surface area contributed by atoms with E-state index in [1.54, 1.807) is 0 Å². The zero-order valence-electron chi connectivity index (χ0n) is 10.8. The first-order valence-electron chi connectivity index (χ1n) is 6.08. The Morgan fingerprint density at radius 3 is 1.50 bits per heavy atom. The fourth-order valence-electron chi connectivity index (χ4n) is 1.53. The van der Waals surface area contributed by atoms with Crippen LogP contribution in [0.4, 0.5) is 0 Å². The predicted molar refractivity (Wildman–Crippen MR) is 81.7 cm³/mol. The molecule has 0 aromatic heterocycles. The second kappa shape index (κ2) is 11.0. The van der Waals surface area contributed by atoms with Gasteiger partial charge in [0, 0.05) is 24.1 Å². The van der Waals surface area contributed by atoms with Crippen LogP contribution < -0.4 is 0 Å². The first-order chi connectivity index (χ1) is 7.74. The van der Waals surface area contributed by atoms with Crippen LogP contribution in [0.1, 0.15) is 27.2 Å². The summed E-state index contributed by atoms with van der Waals surface area (Å²) in [5.41, 5.74) is 0. The highest BCUT2D eigenvalue weighted by atomic mass is 32.1. The molecule has 0 aliphatic rings. The van der Waals surface area contributed by atoms with Crippen LogP contribution in [-0.2, 0) is 13.3 Å². The van der Waals surface area contributed by atoms with E-state index in [1.807, 2.05) is 0 Å². The molecular formula is C9H26O3SSi3. The minimum absolute atomic E-state index is 0.379. The molecule has 0 aliphatic heterocycles. The van der Waals surface area contributed by atoms with Crippen molar-refractivity contribution in [3.05, 3.63) is 0 Å². The van der Waals surface area contributed by atoms with Crippen molar-refractivity contribution in [3.8, 4) is 0 Å². The maximum absolute atomic E-state index is 5.76. The van der Waals surface area contributed by atoms with Gasteiger partial charge in [-0.15, -0.1) is 0 Å². The number of rotatable bonds is 11. The number of thiol groups is 1. The summed E-state index contributed by atoms with van der Waals surface area (Å²) in [5.74, 6) is 0.931. The molecule has 0 aromatic carbocycles. The topological polar surface area (TPSA) is 27.7 Å². The SMILES string of the molecule is CCO[SiH2]C(CCS)([SiH2]OCC)[SiH2]OCC. The molecule has 16 heavy (non-hydrogen) atoms. The Balaban J connectivity index is 4.32. The molecule has 0 heterocycles. The third kappa shape index (κ3) is 7.25. The van der Waals surface area contributed by atoms with E-state index in [1.165, 1.54) is 0 Å². The second-order valence-electron chi connectivity index (χ2n) is 3.89. The van der Waals surface area contributed by atoms with Gasteiger partial charge in [-0.05, 0) is 32.9 Å². The van der Waals surface area contributed by atoms with Gasteiger partial charge in [0.25, 0.3) is 0 Å². The molecule has 0 aliphatic carbocycles. The van der Waals surface area contributed by atoms with Crippen molar-refractivity contribution < 1.29 is 13.3 Å². The first-order valence-corrected chi connectivity index (χ1v) is 10.6. The minimum atomic E-state index is -0.509. The molecule has 0 bridgehead atoms. The van der Waals surface area contributed by atoms with E-state index in [0.717, 1.165) is 32.0 Å². The van der Waals surface area contributed by atoms with Gasteiger partial charge in [0.05, 0.1) is 0 Å². The lowest BCUT2D eigenvalue weighted by Crippen LogP contribution is -2.38. The molecule has 0 saturated carbocycles. The van der Waals surface area contributed by atoms with Gasteiger partial charge >= 0.3 is 0 Å². The van der Waals surface area contributed by atoms with Crippen molar-refractivity contribution in [1.29, 1.82) is 0 Å². The molecule has 0 N–H and O–H groups in total. The molecule has 0 spiro atoms. The maximum Gasteiger partial charge on any atom is 0.165 e. The summed E-state index contributed by atoms with van der Waals surface area (Å²) in [6, 6.07) is 0. The van der Waals surface area contributed by atoms with Crippen LogP contribution in [0.15, 0.2) is 0 Å². The average Bonchev–Trinajstić information content (AvgIpc) is 2.31. The van der Waals surface area contributed by atoms with Crippen LogP contribution >= 0.6 is 12.6 Å². The summed E-state index contributed by atoms with van der Waals surface area (Å²) in [6.45, 7) is 8.72. The average molecular weight is 299 g/mol. The third-order valence-corrected chi connectivity index (χ3v) is 11.1. The maximum atomic E-state index is 5.76. The van der Waals surface area contributed by atoms with Crippen molar-refractivity contribution in [3.63, 3.8) is 0 Å². The molecular weight excluding hydrogens is 272 g/mol. The van der Waals surface area contributed by atoms with Crippen LogP contribution in [0.25, 0.3) is 0 Å². The molecule has 0 unspecified atom stereocenters. The second-order valence-corrected chi connectivity index (χ2v) is 13.9. The van der Waals surface area contributed by atoms with E-state index in [2.05, 4.69) is 33.4 Å². The molecule has 0 radical (unpaired) electrons. The summed E-state index contributed by atoms with van der Waals surface area (Å²) >= 11 is 4.38. The lowest BCUT2D eigenvalue weighted by Gasteiger charge is -2.30. The molecule has 0 fully saturated rings.